The van der Waals surface area contributed by atoms with Crippen molar-refractivity contribution in [3.8, 4) is 0 Å². The predicted molar refractivity (Wildman–Crippen MR) is 57.5 cm³/mol. The zero-order valence-electron chi connectivity index (χ0n) is 7.67. The van der Waals surface area contributed by atoms with Gasteiger partial charge >= 0.3 is 0 Å². The second-order valence-corrected chi connectivity index (χ2v) is 4.78. The fourth-order valence-corrected chi connectivity index (χ4v) is 2.98. The first-order valence-corrected chi connectivity index (χ1v) is 5.87. The van der Waals surface area contributed by atoms with Gasteiger partial charge in [-0.3, -0.25) is 0 Å². The van der Waals surface area contributed by atoms with Crippen LogP contribution >= 0.6 is 11.8 Å². The Labute approximate surface area is 79.8 Å². The average molecular weight is 185 g/mol. The van der Waals surface area contributed by atoms with Crippen LogP contribution in [0.4, 0.5) is 0 Å². The van der Waals surface area contributed by atoms with E-state index in [0.717, 1.165) is 11.7 Å². The van der Waals surface area contributed by atoms with E-state index in [-0.39, 0.29) is 0 Å². The highest BCUT2D eigenvalue weighted by molar-refractivity contribution is 8.00. The number of rotatable bonds is 5. The standard InChI is InChI=1S/C10H19NS/c1-2-3-4-6-9(11)10-7-5-8-12-10/h2,9-10H,1,3-8,11H2. The summed E-state index contributed by atoms with van der Waals surface area (Å²) < 4.78 is 0. The Morgan fingerprint density at radius 2 is 2.50 bits per heavy atom. The summed E-state index contributed by atoms with van der Waals surface area (Å²) in [7, 11) is 0. The monoisotopic (exact) mass is 185 g/mol. The van der Waals surface area contributed by atoms with Crippen molar-refractivity contribution >= 4 is 11.8 Å². The Hall–Kier alpha value is 0.0500. The second kappa shape index (κ2) is 5.65. The van der Waals surface area contributed by atoms with E-state index in [1.807, 2.05) is 6.08 Å². The number of unbranched alkanes of at least 4 members (excludes halogenated alkanes) is 1. The first-order valence-electron chi connectivity index (χ1n) is 4.82. The minimum absolute atomic E-state index is 0.428. The number of thioether (sulfide) groups is 1. The van der Waals surface area contributed by atoms with Gasteiger partial charge < -0.3 is 5.73 Å². The van der Waals surface area contributed by atoms with Gasteiger partial charge in [-0.1, -0.05) is 6.08 Å². The third kappa shape index (κ3) is 3.20. The molecule has 0 aromatic heterocycles. The van der Waals surface area contributed by atoms with Crippen molar-refractivity contribution in [2.24, 2.45) is 5.73 Å². The molecule has 0 bridgehead atoms. The zero-order valence-corrected chi connectivity index (χ0v) is 8.48. The van der Waals surface area contributed by atoms with Crippen molar-refractivity contribution in [1.29, 1.82) is 0 Å². The summed E-state index contributed by atoms with van der Waals surface area (Å²) in [5.41, 5.74) is 6.06. The third-order valence-electron chi connectivity index (χ3n) is 2.39. The first-order chi connectivity index (χ1) is 5.84. The van der Waals surface area contributed by atoms with E-state index in [1.165, 1.54) is 31.4 Å². The quantitative estimate of drug-likeness (QED) is 0.526. The van der Waals surface area contributed by atoms with Crippen LogP contribution in [0, 0.1) is 0 Å². The molecule has 0 aromatic rings. The van der Waals surface area contributed by atoms with Crippen molar-refractivity contribution in [1.82, 2.24) is 0 Å². The highest BCUT2D eigenvalue weighted by Gasteiger charge is 2.21. The number of nitrogens with two attached hydrogens (primary N) is 1. The molecule has 0 spiro atoms. The van der Waals surface area contributed by atoms with Crippen LogP contribution in [0.3, 0.4) is 0 Å². The van der Waals surface area contributed by atoms with Gasteiger partial charge in [-0.05, 0) is 37.9 Å². The van der Waals surface area contributed by atoms with E-state index in [4.69, 9.17) is 5.73 Å². The number of allylic oxidation sites excluding steroid dienone is 1. The summed E-state index contributed by atoms with van der Waals surface area (Å²) >= 11 is 2.06. The predicted octanol–water partition coefficient (Wildman–Crippen LogP) is 2.57. The van der Waals surface area contributed by atoms with Crippen molar-refractivity contribution in [2.45, 2.75) is 43.4 Å². The molecule has 1 rings (SSSR count). The van der Waals surface area contributed by atoms with Crippen LogP contribution < -0.4 is 5.73 Å². The Balaban J connectivity index is 2.09. The van der Waals surface area contributed by atoms with E-state index >= 15 is 0 Å². The molecule has 0 amide bonds. The van der Waals surface area contributed by atoms with Crippen LogP contribution in [-0.4, -0.2) is 17.0 Å². The lowest BCUT2D eigenvalue weighted by Crippen LogP contribution is -2.30. The zero-order chi connectivity index (χ0) is 8.81. The molecule has 70 valence electrons. The lowest BCUT2D eigenvalue weighted by Gasteiger charge is -2.17. The molecule has 1 aliphatic rings. The molecule has 12 heavy (non-hydrogen) atoms. The summed E-state index contributed by atoms with van der Waals surface area (Å²) in [5, 5.41) is 0.745. The van der Waals surface area contributed by atoms with E-state index in [0.29, 0.717) is 6.04 Å². The van der Waals surface area contributed by atoms with Crippen molar-refractivity contribution in [3.63, 3.8) is 0 Å². The fourth-order valence-electron chi connectivity index (χ4n) is 1.62. The molecule has 2 N–H and O–H groups in total. The van der Waals surface area contributed by atoms with Crippen LogP contribution in [0.15, 0.2) is 12.7 Å². The summed E-state index contributed by atoms with van der Waals surface area (Å²) in [5.74, 6) is 1.32. The molecule has 1 nitrogen and oxygen atoms in total. The Kier molecular flexibility index (Phi) is 4.77. The van der Waals surface area contributed by atoms with Gasteiger partial charge in [0.15, 0.2) is 0 Å². The normalized spacial score (nSPS) is 25.6. The van der Waals surface area contributed by atoms with Gasteiger partial charge in [-0.15, -0.1) is 6.58 Å². The Morgan fingerprint density at radius 3 is 3.08 bits per heavy atom. The molecule has 2 heteroatoms. The first kappa shape index (κ1) is 10.1. The highest BCUT2D eigenvalue weighted by atomic mass is 32.2. The Bertz CT molecular complexity index is 130. The molecule has 1 heterocycles. The molecular formula is C10H19NS. The van der Waals surface area contributed by atoms with Gasteiger partial charge in [0, 0.05) is 11.3 Å². The lowest BCUT2D eigenvalue weighted by atomic mass is 10.0. The maximum absolute atomic E-state index is 6.06. The maximum atomic E-state index is 6.06. The van der Waals surface area contributed by atoms with Crippen LogP contribution in [0.2, 0.25) is 0 Å². The second-order valence-electron chi connectivity index (χ2n) is 3.43. The van der Waals surface area contributed by atoms with Crippen molar-refractivity contribution in [3.05, 3.63) is 12.7 Å². The molecule has 0 saturated carbocycles. The van der Waals surface area contributed by atoms with Gasteiger partial charge in [-0.2, -0.15) is 11.8 Å². The highest BCUT2D eigenvalue weighted by Crippen LogP contribution is 2.29. The summed E-state index contributed by atoms with van der Waals surface area (Å²) in [6, 6.07) is 0.428. The molecule has 2 unspecified atom stereocenters. The van der Waals surface area contributed by atoms with Crippen LogP contribution in [0.25, 0.3) is 0 Å². The molecule has 1 fully saturated rings. The number of hydrogen-bond acceptors (Lipinski definition) is 2. The van der Waals surface area contributed by atoms with Gasteiger partial charge in [0.1, 0.15) is 0 Å². The topological polar surface area (TPSA) is 26.0 Å². The minimum Gasteiger partial charge on any atom is -0.327 e. The van der Waals surface area contributed by atoms with Gasteiger partial charge in [0.25, 0.3) is 0 Å². The fraction of sp³-hybridized carbons (Fsp3) is 0.800. The molecule has 1 aliphatic heterocycles. The van der Waals surface area contributed by atoms with E-state index < -0.39 is 0 Å². The van der Waals surface area contributed by atoms with Crippen LogP contribution in [0.1, 0.15) is 32.1 Å². The van der Waals surface area contributed by atoms with Gasteiger partial charge in [-0.25, -0.2) is 0 Å². The summed E-state index contributed by atoms with van der Waals surface area (Å²) in [4.78, 5) is 0. The summed E-state index contributed by atoms with van der Waals surface area (Å²) in [6.45, 7) is 3.71. The molecule has 1 saturated heterocycles. The SMILES string of the molecule is C=CCCCC(N)C1CCCS1. The Morgan fingerprint density at radius 1 is 1.67 bits per heavy atom. The van der Waals surface area contributed by atoms with E-state index in [2.05, 4.69) is 18.3 Å². The molecule has 0 aliphatic carbocycles. The van der Waals surface area contributed by atoms with E-state index in [1.54, 1.807) is 0 Å². The smallest absolute Gasteiger partial charge is 0.0199 e. The van der Waals surface area contributed by atoms with E-state index in [9.17, 15) is 0 Å². The maximum Gasteiger partial charge on any atom is 0.0199 e. The minimum atomic E-state index is 0.428. The van der Waals surface area contributed by atoms with Crippen LogP contribution in [-0.2, 0) is 0 Å². The van der Waals surface area contributed by atoms with Crippen molar-refractivity contribution in [2.75, 3.05) is 5.75 Å². The average Bonchev–Trinajstić information content (AvgIpc) is 2.56. The van der Waals surface area contributed by atoms with Gasteiger partial charge in [0.05, 0.1) is 0 Å². The largest absolute Gasteiger partial charge is 0.327 e. The third-order valence-corrected chi connectivity index (χ3v) is 3.93. The molecule has 0 aromatic carbocycles. The lowest BCUT2D eigenvalue weighted by molar-refractivity contribution is 0.551. The van der Waals surface area contributed by atoms with Crippen LogP contribution in [0.5, 0.6) is 0 Å². The van der Waals surface area contributed by atoms with Crippen molar-refractivity contribution < 1.29 is 0 Å². The van der Waals surface area contributed by atoms with Gasteiger partial charge in [0.2, 0.25) is 0 Å². The summed E-state index contributed by atoms with van der Waals surface area (Å²) in [6.07, 6.45) is 8.18. The number of hydrogen-bond donors (Lipinski definition) is 1. The molecule has 2 atom stereocenters. The molecular weight excluding hydrogens is 166 g/mol. The molecule has 0 radical (unpaired) electrons.